The molecule has 0 fully saturated rings. The van der Waals surface area contributed by atoms with Gasteiger partial charge >= 0.3 is 0 Å². The predicted octanol–water partition coefficient (Wildman–Crippen LogP) is 14.9. The van der Waals surface area contributed by atoms with E-state index < -0.39 is 8.07 Å². The molecule has 12 aromatic rings. The molecular formula is C89H56Si. The summed E-state index contributed by atoms with van der Waals surface area (Å²) in [6, 6.07) is 108. The van der Waals surface area contributed by atoms with Crippen LogP contribution in [-0.2, 0) is 0 Å². The fourth-order valence-electron chi connectivity index (χ4n) is 10.0. The second kappa shape index (κ2) is 29.4. The fourth-order valence-corrected chi connectivity index (χ4v) is 14.7. The quantitative estimate of drug-likeness (QED) is 0.0936. The number of rotatable bonds is 4. The maximum atomic E-state index is 3.45. The molecule has 1 heteroatoms. The highest BCUT2D eigenvalue weighted by atomic mass is 28.3. The molecule has 0 spiro atoms. The van der Waals surface area contributed by atoms with E-state index in [1.807, 2.05) is 218 Å². The highest BCUT2D eigenvalue weighted by Gasteiger charge is 2.41. The summed E-state index contributed by atoms with van der Waals surface area (Å²) in [5.74, 6) is 53.5. The fraction of sp³-hybridized carbons (Fsp3) is 0.0112. The van der Waals surface area contributed by atoms with Crippen LogP contribution in [-0.4, -0.2) is 8.07 Å². The first kappa shape index (κ1) is 59.1. The molecule has 90 heavy (non-hydrogen) atoms. The normalized spacial score (nSPS) is 9.87. The summed E-state index contributed by atoms with van der Waals surface area (Å²) in [4.78, 5) is 0. The minimum absolute atomic E-state index is 0. The molecule has 0 amide bonds. The average Bonchev–Trinajstić information content (AvgIpc) is 0.757. The minimum atomic E-state index is -3.14. The lowest BCUT2D eigenvalue weighted by Crippen LogP contribution is -2.74. The highest BCUT2D eigenvalue weighted by Crippen LogP contribution is 2.16. The lowest BCUT2D eigenvalue weighted by atomic mass is 10.1. The van der Waals surface area contributed by atoms with Crippen LogP contribution in [0.4, 0.5) is 0 Å². The van der Waals surface area contributed by atoms with Crippen LogP contribution in [0.1, 0.15) is 96.4 Å². The molecule has 0 nitrogen and oxygen atoms in total. The molecule has 0 unspecified atom stereocenters. The van der Waals surface area contributed by atoms with Crippen LogP contribution in [0.15, 0.2) is 315 Å². The van der Waals surface area contributed by atoms with Gasteiger partial charge in [-0.3, -0.25) is 0 Å². The van der Waals surface area contributed by atoms with E-state index >= 15 is 0 Å². The van der Waals surface area contributed by atoms with Crippen molar-refractivity contribution in [2.24, 2.45) is 0 Å². The zero-order chi connectivity index (χ0) is 60.1. The molecule has 0 aromatic heterocycles. The van der Waals surface area contributed by atoms with Gasteiger partial charge < -0.3 is 0 Å². The van der Waals surface area contributed by atoms with Gasteiger partial charge in [-0.05, 0) is 215 Å². The summed E-state index contributed by atoms with van der Waals surface area (Å²) in [6.45, 7) is 0. The molecule has 12 rings (SSSR count). The first-order chi connectivity index (χ1) is 44.0. The molecule has 0 N–H and O–H groups in total. The van der Waals surface area contributed by atoms with Gasteiger partial charge in [0.25, 0.3) is 0 Å². The Morgan fingerprint density at radius 3 is 0.344 bits per heavy atom. The van der Waals surface area contributed by atoms with Crippen LogP contribution in [0, 0.1) is 94.7 Å². The standard InChI is InChI=1S/C88H52Si.CH4/c1-5-13-69(14-6-1)21-25-73-29-37-77(38-30-73)45-49-81-53-61-85(62-54-81)89(86-63-55-82(56-64-86)50-46-78-39-31-74(32-40-78)26-22-70-15-7-2-8-16-70,87-65-57-83(58-66-87)51-47-79-41-33-75(34-42-79)27-23-71-17-9-3-10-18-71)88-67-59-84(60-68-88)52-48-80-43-35-76(36-44-80)28-24-72-19-11-4-12-20-72;/h1-20,29-44,53-68H;1H4. The van der Waals surface area contributed by atoms with Gasteiger partial charge in [-0.1, -0.05) is 223 Å². The van der Waals surface area contributed by atoms with Crippen LogP contribution in [0.2, 0.25) is 0 Å². The Morgan fingerprint density at radius 1 is 0.122 bits per heavy atom. The largest absolute Gasteiger partial charge is 0.179 e. The molecule has 0 heterocycles. The molecular weight excluding hydrogens is 1100 g/mol. The van der Waals surface area contributed by atoms with E-state index in [1.165, 1.54) is 20.7 Å². The van der Waals surface area contributed by atoms with Crippen LogP contribution in [0.5, 0.6) is 0 Å². The summed E-state index contributed by atoms with van der Waals surface area (Å²) < 4.78 is 0. The second-order valence-corrected chi connectivity index (χ2v) is 24.6. The zero-order valence-electron chi connectivity index (χ0n) is 48.5. The van der Waals surface area contributed by atoms with Gasteiger partial charge in [0.1, 0.15) is 0 Å². The Morgan fingerprint density at radius 2 is 0.222 bits per heavy atom. The van der Waals surface area contributed by atoms with Crippen molar-refractivity contribution in [3.63, 3.8) is 0 Å². The van der Waals surface area contributed by atoms with Crippen molar-refractivity contribution in [3.05, 3.63) is 404 Å². The molecule has 0 radical (unpaired) electrons. The molecule has 0 saturated heterocycles. The monoisotopic (exact) mass is 1150 g/mol. The zero-order valence-corrected chi connectivity index (χ0v) is 49.5. The minimum Gasteiger partial charge on any atom is -0.0776 e. The van der Waals surface area contributed by atoms with Crippen molar-refractivity contribution in [1.29, 1.82) is 0 Å². The van der Waals surface area contributed by atoms with Crippen LogP contribution in [0.25, 0.3) is 0 Å². The summed E-state index contributed by atoms with van der Waals surface area (Å²) in [6.07, 6.45) is 0. The predicted molar refractivity (Wildman–Crippen MR) is 376 cm³/mol. The SMILES string of the molecule is C.C(#Cc1ccc(C#Cc2ccc([Si](c3ccc(C#Cc4ccc(C#Cc5ccccc5)cc4)cc3)(c3ccc(C#Cc4ccc(C#Cc5ccccc5)cc4)cc3)c3ccc(C#Cc4ccc(C#Cc5ccccc5)cc4)cc3)cc2)cc1)c1ccccc1. The van der Waals surface area contributed by atoms with Crippen molar-refractivity contribution in [3.8, 4) is 94.7 Å². The van der Waals surface area contributed by atoms with Crippen molar-refractivity contribution < 1.29 is 0 Å². The summed E-state index contributed by atoms with van der Waals surface area (Å²) >= 11 is 0. The van der Waals surface area contributed by atoms with Gasteiger partial charge in [-0.15, -0.1) is 0 Å². The Hall–Kier alpha value is -12.7. The van der Waals surface area contributed by atoms with E-state index in [-0.39, 0.29) is 7.43 Å². The van der Waals surface area contributed by atoms with E-state index in [2.05, 4.69) is 192 Å². The van der Waals surface area contributed by atoms with Gasteiger partial charge in [0.05, 0.1) is 0 Å². The van der Waals surface area contributed by atoms with E-state index in [1.54, 1.807) is 0 Å². The Kier molecular flexibility index (Phi) is 19.3. The van der Waals surface area contributed by atoms with Crippen molar-refractivity contribution >= 4 is 28.8 Å². The van der Waals surface area contributed by atoms with Gasteiger partial charge in [-0.25, -0.2) is 0 Å². The first-order valence-electron chi connectivity index (χ1n) is 29.2. The van der Waals surface area contributed by atoms with Gasteiger partial charge in [-0.2, -0.15) is 0 Å². The smallest absolute Gasteiger partial charge is 0.0776 e. The Bertz CT molecular complexity index is 4320. The van der Waals surface area contributed by atoms with E-state index in [0.29, 0.717) is 0 Å². The van der Waals surface area contributed by atoms with Gasteiger partial charge in [0.15, 0.2) is 8.07 Å². The third-order valence-corrected chi connectivity index (χ3v) is 19.5. The molecule has 0 atom stereocenters. The maximum absolute atomic E-state index is 3.45. The third kappa shape index (κ3) is 15.6. The van der Waals surface area contributed by atoms with Crippen molar-refractivity contribution in [2.75, 3.05) is 0 Å². The molecule has 0 saturated carbocycles. The van der Waals surface area contributed by atoms with Crippen molar-refractivity contribution in [1.82, 2.24) is 0 Å². The number of benzene rings is 12. The molecule has 0 bridgehead atoms. The summed E-state index contributed by atoms with van der Waals surface area (Å²) in [7, 11) is -3.14. The molecule has 12 aromatic carbocycles. The maximum Gasteiger partial charge on any atom is 0.179 e. The van der Waals surface area contributed by atoms with Gasteiger partial charge in [0, 0.05) is 89.0 Å². The number of hydrogen-bond acceptors (Lipinski definition) is 0. The van der Waals surface area contributed by atoms with E-state index in [9.17, 15) is 0 Å². The van der Waals surface area contributed by atoms with Crippen LogP contribution < -0.4 is 20.7 Å². The molecule has 0 aliphatic heterocycles. The lowest BCUT2D eigenvalue weighted by Gasteiger charge is -2.34. The van der Waals surface area contributed by atoms with Crippen molar-refractivity contribution in [2.45, 2.75) is 7.43 Å². The van der Waals surface area contributed by atoms with E-state index in [0.717, 1.165) is 89.0 Å². The van der Waals surface area contributed by atoms with Gasteiger partial charge in [0.2, 0.25) is 0 Å². The van der Waals surface area contributed by atoms with Crippen LogP contribution >= 0.6 is 0 Å². The molecule has 416 valence electrons. The van der Waals surface area contributed by atoms with E-state index in [4.69, 9.17) is 0 Å². The Balaban J connectivity index is 0.00000833. The third-order valence-electron chi connectivity index (χ3n) is 14.7. The Labute approximate surface area is 532 Å². The summed E-state index contributed by atoms with van der Waals surface area (Å²) in [5.41, 5.74) is 15.0. The molecule has 0 aliphatic carbocycles. The second-order valence-electron chi connectivity index (χ2n) is 20.8. The summed E-state index contributed by atoms with van der Waals surface area (Å²) in [5, 5.41) is 4.79. The highest BCUT2D eigenvalue weighted by molar-refractivity contribution is 7.19. The number of hydrogen-bond donors (Lipinski definition) is 0. The lowest BCUT2D eigenvalue weighted by molar-refractivity contribution is 1.58. The molecule has 0 aliphatic rings. The average molecular weight is 1150 g/mol. The van der Waals surface area contributed by atoms with Crippen LogP contribution in [0.3, 0.4) is 0 Å². The first-order valence-corrected chi connectivity index (χ1v) is 31.2. The topological polar surface area (TPSA) is 0 Å².